The maximum atomic E-state index is 12.7. The van der Waals surface area contributed by atoms with Crippen molar-refractivity contribution in [3.8, 4) is 16.3 Å². The van der Waals surface area contributed by atoms with E-state index in [4.69, 9.17) is 27.9 Å². The molecule has 152 valence electrons. The van der Waals surface area contributed by atoms with Crippen LogP contribution < -0.4 is 10.1 Å². The van der Waals surface area contributed by atoms with Gasteiger partial charge in [0, 0.05) is 11.1 Å². The molecule has 0 fully saturated rings. The van der Waals surface area contributed by atoms with Crippen LogP contribution in [-0.4, -0.2) is 17.0 Å². The number of anilines is 1. The standard InChI is InChI=1S/C23H18Cl2N2O2S/c1-13(2)29-15-9-7-14(8-10-15)22(28)26-20-11-16(17(24)12-18(20)25)23-27-19-5-3-4-6-21(19)30-23/h3-13H,1-2H3,(H,26,28). The zero-order chi connectivity index (χ0) is 21.3. The number of nitrogens with one attached hydrogen (secondary N) is 1. The van der Waals surface area contributed by atoms with E-state index in [9.17, 15) is 4.79 Å². The first-order chi connectivity index (χ1) is 14.4. The zero-order valence-corrected chi connectivity index (χ0v) is 18.6. The van der Waals surface area contributed by atoms with Crippen LogP contribution in [0.2, 0.25) is 10.0 Å². The molecule has 7 heteroatoms. The maximum absolute atomic E-state index is 12.7. The summed E-state index contributed by atoms with van der Waals surface area (Å²) in [5.74, 6) is 0.440. The normalized spacial score (nSPS) is 11.1. The summed E-state index contributed by atoms with van der Waals surface area (Å²) in [5, 5.41) is 4.47. The summed E-state index contributed by atoms with van der Waals surface area (Å²) in [6.45, 7) is 3.90. The van der Waals surface area contributed by atoms with Gasteiger partial charge in [0.05, 0.1) is 32.1 Å². The molecule has 0 spiro atoms. The van der Waals surface area contributed by atoms with Crippen LogP contribution in [0, 0.1) is 0 Å². The summed E-state index contributed by atoms with van der Waals surface area (Å²) >= 11 is 14.3. The Balaban J connectivity index is 1.61. The van der Waals surface area contributed by atoms with Gasteiger partial charge in [-0.3, -0.25) is 4.79 Å². The molecule has 1 amide bonds. The highest BCUT2D eigenvalue weighted by Crippen LogP contribution is 2.39. The summed E-state index contributed by atoms with van der Waals surface area (Å²) in [6.07, 6.45) is 0.0680. The Morgan fingerprint density at radius 2 is 1.77 bits per heavy atom. The van der Waals surface area contributed by atoms with Crippen molar-refractivity contribution in [3.63, 3.8) is 0 Å². The fourth-order valence-corrected chi connectivity index (χ4v) is 4.52. The van der Waals surface area contributed by atoms with Crippen LogP contribution in [0.5, 0.6) is 5.75 Å². The number of carbonyl (C=O) groups is 1. The van der Waals surface area contributed by atoms with E-state index < -0.39 is 0 Å². The molecular weight excluding hydrogens is 439 g/mol. The van der Waals surface area contributed by atoms with Gasteiger partial charge in [0.15, 0.2) is 0 Å². The van der Waals surface area contributed by atoms with E-state index >= 15 is 0 Å². The molecule has 4 rings (SSSR count). The van der Waals surface area contributed by atoms with Crippen molar-refractivity contribution in [2.45, 2.75) is 20.0 Å². The monoisotopic (exact) mass is 456 g/mol. The van der Waals surface area contributed by atoms with E-state index in [-0.39, 0.29) is 12.0 Å². The molecule has 0 atom stereocenters. The second kappa shape index (κ2) is 8.64. The van der Waals surface area contributed by atoms with E-state index in [0.717, 1.165) is 20.8 Å². The minimum atomic E-state index is -0.273. The van der Waals surface area contributed by atoms with Crippen molar-refractivity contribution in [2.24, 2.45) is 0 Å². The van der Waals surface area contributed by atoms with Crippen LogP contribution >= 0.6 is 34.5 Å². The molecule has 4 aromatic rings. The number of nitrogens with zero attached hydrogens (tertiary/aromatic N) is 1. The molecule has 0 bridgehead atoms. The highest BCUT2D eigenvalue weighted by atomic mass is 35.5. The highest BCUT2D eigenvalue weighted by Gasteiger charge is 2.15. The van der Waals surface area contributed by atoms with Crippen molar-refractivity contribution >= 4 is 56.3 Å². The van der Waals surface area contributed by atoms with Gasteiger partial charge in [-0.2, -0.15) is 0 Å². The Morgan fingerprint density at radius 3 is 2.47 bits per heavy atom. The van der Waals surface area contributed by atoms with E-state index in [2.05, 4.69) is 10.3 Å². The third-order valence-electron chi connectivity index (χ3n) is 4.32. The van der Waals surface area contributed by atoms with Crippen molar-refractivity contribution in [2.75, 3.05) is 5.32 Å². The number of aromatic nitrogens is 1. The number of hydrogen-bond donors (Lipinski definition) is 1. The van der Waals surface area contributed by atoms with E-state index in [1.807, 2.05) is 38.1 Å². The van der Waals surface area contributed by atoms with Gasteiger partial charge in [0.1, 0.15) is 10.8 Å². The predicted octanol–water partition coefficient (Wildman–Crippen LogP) is 7.31. The van der Waals surface area contributed by atoms with Crippen molar-refractivity contribution in [1.29, 1.82) is 0 Å². The van der Waals surface area contributed by atoms with E-state index in [1.54, 1.807) is 36.4 Å². The van der Waals surface area contributed by atoms with Gasteiger partial charge in [-0.25, -0.2) is 4.98 Å². The smallest absolute Gasteiger partial charge is 0.255 e. The third kappa shape index (κ3) is 4.43. The number of carbonyl (C=O) groups excluding carboxylic acids is 1. The Hall–Kier alpha value is -2.60. The number of fused-ring (bicyclic) bond motifs is 1. The molecule has 0 saturated heterocycles. The zero-order valence-electron chi connectivity index (χ0n) is 16.3. The topological polar surface area (TPSA) is 51.2 Å². The fourth-order valence-electron chi connectivity index (χ4n) is 2.95. The minimum absolute atomic E-state index is 0.0680. The number of amides is 1. The highest BCUT2D eigenvalue weighted by molar-refractivity contribution is 7.21. The fraction of sp³-hybridized carbons (Fsp3) is 0.130. The molecule has 1 aromatic heterocycles. The molecule has 30 heavy (non-hydrogen) atoms. The summed E-state index contributed by atoms with van der Waals surface area (Å²) in [6, 6.07) is 18.2. The van der Waals surface area contributed by atoms with Gasteiger partial charge in [-0.05, 0) is 62.4 Å². The SMILES string of the molecule is CC(C)Oc1ccc(C(=O)Nc2cc(-c3nc4ccccc4s3)c(Cl)cc2Cl)cc1. The summed E-state index contributed by atoms with van der Waals surface area (Å²) < 4.78 is 6.68. The van der Waals surface area contributed by atoms with Gasteiger partial charge < -0.3 is 10.1 Å². The molecule has 1 heterocycles. The molecule has 0 saturated carbocycles. The number of thiazole rings is 1. The van der Waals surface area contributed by atoms with Crippen molar-refractivity contribution in [1.82, 2.24) is 4.98 Å². The first-order valence-electron chi connectivity index (χ1n) is 9.34. The largest absolute Gasteiger partial charge is 0.491 e. The first kappa shape index (κ1) is 20.7. The Morgan fingerprint density at radius 1 is 1.03 bits per heavy atom. The average Bonchev–Trinajstić information content (AvgIpc) is 3.14. The maximum Gasteiger partial charge on any atom is 0.255 e. The van der Waals surface area contributed by atoms with Gasteiger partial charge >= 0.3 is 0 Å². The van der Waals surface area contributed by atoms with Crippen LogP contribution in [0.3, 0.4) is 0 Å². The van der Waals surface area contributed by atoms with Crippen LogP contribution in [-0.2, 0) is 0 Å². The number of hydrogen-bond acceptors (Lipinski definition) is 4. The van der Waals surface area contributed by atoms with Gasteiger partial charge in [-0.1, -0.05) is 35.3 Å². The number of halogens is 2. The molecule has 0 unspecified atom stereocenters. The van der Waals surface area contributed by atoms with Gasteiger partial charge in [0.2, 0.25) is 0 Å². The lowest BCUT2D eigenvalue weighted by Crippen LogP contribution is -2.12. The summed E-state index contributed by atoms with van der Waals surface area (Å²) in [5.41, 5.74) is 2.59. The number of ether oxygens (including phenoxy) is 1. The van der Waals surface area contributed by atoms with E-state index in [0.29, 0.717) is 27.0 Å². The minimum Gasteiger partial charge on any atom is -0.491 e. The van der Waals surface area contributed by atoms with Gasteiger partial charge in [-0.15, -0.1) is 11.3 Å². The molecule has 0 radical (unpaired) electrons. The third-order valence-corrected chi connectivity index (χ3v) is 6.01. The lowest BCUT2D eigenvalue weighted by atomic mass is 10.1. The lowest BCUT2D eigenvalue weighted by molar-refractivity contribution is 0.102. The summed E-state index contributed by atoms with van der Waals surface area (Å²) in [7, 11) is 0. The van der Waals surface area contributed by atoms with E-state index in [1.165, 1.54) is 11.3 Å². The predicted molar refractivity (Wildman–Crippen MR) is 125 cm³/mol. The molecule has 1 N–H and O–H groups in total. The van der Waals surface area contributed by atoms with Gasteiger partial charge in [0.25, 0.3) is 5.91 Å². The van der Waals surface area contributed by atoms with Crippen LogP contribution in [0.4, 0.5) is 5.69 Å². The van der Waals surface area contributed by atoms with Crippen molar-refractivity contribution < 1.29 is 9.53 Å². The number of rotatable bonds is 5. The number of para-hydroxylation sites is 1. The second-order valence-electron chi connectivity index (χ2n) is 6.94. The summed E-state index contributed by atoms with van der Waals surface area (Å²) in [4.78, 5) is 17.4. The molecular formula is C23H18Cl2N2O2S. The molecule has 4 nitrogen and oxygen atoms in total. The number of benzene rings is 3. The van der Waals surface area contributed by atoms with Crippen LogP contribution in [0.15, 0.2) is 60.7 Å². The molecule has 0 aliphatic carbocycles. The first-order valence-corrected chi connectivity index (χ1v) is 10.9. The average molecular weight is 457 g/mol. The van der Waals surface area contributed by atoms with Crippen LogP contribution in [0.1, 0.15) is 24.2 Å². The molecule has 3 aromatic carbocycles. The molecule has 0 aliphatic heterocycles. The Labute approximate surface area is 188 Å². The lowest BCUT2D eigenvalue weighted by Gasteiger charge is -2.12. The Bertz CT molecular complexity index is 1190. The van der Waals surface area contributed by atoms with Crippen molar-refractivity contribution in [3.05, 3.63) is 76.3 Å². The molecule has 0 aliphatic rings. The Kier molecular flexibility index (Phi) is 5.95. The quantitative estimate of drug-likeness (QED) is 0.342. The van der Waals surface area contributed by atoms with Crippen LogP contribution in [0.25, 0.3) is 20.8 Å². The second-order valence-corrected chi connectivity index (χ2v) is 8.79.